The summed E-state index contributed by atoms with van der Waals surface area (Å²) in [6, 6.07) is 10.8. The van der Waals surface area contributed by atoms with E-state index in [4.69, 9.17) is 11.1 Å². The number of nitrogens with zero attached hydrogens (tertiary/aromatic N) is 1. The van der Waals surface area contributed by atoms with E-state index in [-0.39, 0.29) is 11.7 Å². The first kappa shape index (κ1) is 12.1. The number of nitrogens with two attached hydrogens (primary N) is 1. The number of anilines is 1. The summed E-state index contributed by atoms with van der Waals surface area (Å²) < 4.78 is 0. The number of fused-ring (bicyclic) bond motifs is 1. The highest BCUT2D eigenvalue weighted by Crippen LogP contribution is 2.30. The van der Waals surface area contributed by atoms with Crippen LogP contribution in [0.25, 0.3) is 11.6 Å². The zero-order chi connectivity index (χ0) is 14.1. The zero-order valence-electron chi connectivity index (χ0n) is 10.6. The number of benzene rings is 1. The highest BCUT2D eigenvalue weighted by Gasteiger charge is 2.24. The Morgan fingerprint density at radius 1 is 1.25 bits per heavy atom. The Bertz CT molecular complexity index is 732. The molecule has 2 heterocycles. The van der Waals surface area contributed by atoms with E-state index in [1.807, 2.05) is 18.2 Å². The van der Waals surface area contributed by atoms with Crippen molar-refractivity contribution in [2.75, 3.05) is 5.32 Å². The number of hydrogen-bond acceptors (Lipinski definition) is 3. The van der Waals surface area contributed by atoms with Gasteiger partial charge >= 0.3 is 0 Å². The Hall–Kier alpha value is -2.95. The van der Waals surface area contributed by atoms with Crippen LogP contribution in [-0.4, -0.2) is 16.7 Å². The summed E-state index contributed by atoms with van der Waals surface area (Å²) in [6.07, 6.45) is 3.44. The van der Waals surface area contributed by atoms with Crippen molar-refractivity contribution in [2.24, 2.45) is 5.73 Å². The third-order valence-corrected chi connectivity index (χ3v) is 3.11. The van der Waals surface area contributed by atoms with E-state index in [2.05, 4.69) is 10.3 Å². The van der Waals surface area contributed by atoms with Crippen LogP contribution in [0.4, 0.5) is 5.82 Å². The fourth-order valence-corrected chi connectivity index (χ4v) is 2.09. The number of amides is 1. The van der Waals surface area contributed by atoms with Gasteiger partial charge in [0.1, 0.15) is 11.7 Å². The van der Waals surface area contributed by atoms with Crippen LogP contribution in [0, 0.1) is 5.41 Å². The van der Waals surface area contributed by atoms with Crippen LogP contribution in [0.15, 0.2) is 42.6 Å². The Balaban J connectivity index is 2.00. The molecule has 0 spiro atoms. The highest BCUT2D eigenvalue weighted by molar-refractivity contribution is 6.34. The van der Waals surface area contributed by atoms with Crippen LogP contribution in [0.1, 0.15) is 16.7 Å². The molecular weight excluding hydrogens is 252 g/mol. The molecule has 0 atom stereocenters. The van der Waals surface area contributed by atoms with Crippen molar-refractivity contribution in [3.8, 4) is 0 Å². The van der Waals surface area contributed by atoms with Crippen LogP contribution in [0.2, 0.25) is 0 Å². The Morgan fingerprint density at radius 2 is 2.00 bits per heavy atom. The number of hydrogen-bond donors (Lipinski definition) is 3. The van der Waals surface area contributed by atoms with E-state index in [9.17, 15) is 4.79 Å². The molecule has 98 valence electrons. The molecule has 0 saturated carbocycles. The quantitative estimate of drug-likeness (QED) is 0.439. The average Bonchev–Trinajstić information content (AvgIpc) is 2.76. The number of rotatable bonds is 2. The lowest BCUT2D eigenvalue weighted by atomic mass is 10.0. The molecule has 3 rings (SSSR count). The number of pyridine rings is 1. The van der Waals surface area contributed by atoms with Gasteiger partial charge in [-0.05, 0) is 23.8 Å². The number of amidine groups is 1. The van der Waals surface area contributed by atoms with Crippen molar-refractivity contribution in [1.82, 2.24) is 4.98 Å². The number of carbonyl (C=O) groups excluding carboxylic acids is 1. The molecule has 20 heavy (non-hydrogen) atoms. The van der Waals surface area contributed by atoms with Crippen molar-refractivity contribution in [3.05, 3.63) is 59.3 Å². The van der Waals surface area contributed by atoms with E-state index >= 15 is 0 Å². The van der Waals surface area contributed by atoms with Gasteiger partial charge in [0.15, 0.2) is 0 Å². The molecule has 0 bridgehead atoms. The summed E-state index contributed by atoms with van der Waals surface area (Å²) in [5.74, 6) is 0.454. The minimum atomic E-state index is -0.158. The van der Waals surface area contributed by atoms with Gasteiger partial charge in [-0.1, -0.05) is 24.3 Å². The maximum Gasteiger partial charge on any atom is 0.257 e. The molecule has 0 saturated heterocycles. The minimum absolute atomic E-state index is 0.0253. The monoisotopic (exact) mass is 264 g/mol. The maximum atomic E-state index is 11.9. The molecule has 5 nitrogen and oxygen atoms in total. The molecule has 1 aromatic heterocycles. The van der Waals surface area contributed by atoms with Crippen LogP contribution in [0.5, 0.6) is 0 Å². The van der Waals surface area contributed by atoms with Gasteiger partial charge in [0, 0.05) is 17.3 Å². The van der Waals surface area contributed by atoms with Crippen LogP contribution in [0.3, 0.4) is 0 Å². The standard InChI is InChI=1S/C15H12N4O/c16-13(17)10-5-3-9(4-6-10)8-12-11-2-1-7-18-14(11)19-15(12)20/h1-8H,(H3,16,17)(H,18,19,20). The van der Waals surface area contributed by atoms with Crippen molar-refractivity contribution in [3.63, 3.8) is 0 Å². The van der Waals surface area contributed by atoms with Gasteiger partial charge in [-0.15, -0.1) is 0 Å². The number of nitrogen functional groups attached to an aromatic ring is 1. The smallest absolute Gasteiger partial charge is 0.257 e. The second-order valence-corrected chi connectivity index (χ2v) is 4.45. The SMILES string of the molecule is N=C(N)c1ccc(C=C2C(=O)Nc3ncccc32)cc1. The van der Waals surface area contributed by atoms with E-state index in [0.29, 0.717) is 17.0 Å². The number of aromatic nitrogens is 1. The summed E-state index contributed by atoms with van der Waals surface area (Å²) >= 11 is 0. The van der Waals surface area contributed by atoms with Gasteiger partial charge in [-0.25, -0.2) is 4.98 Å². The molecule has 2 aromatic rings. The van der Waals surface area contributed by atoms with Crippen molar-refractivity contribution in [2.45, 2.75) is 0 Å². The molecule has 1 amide bonds. The second kappa shape index (κ2) is 4.62. The summed E-state index contributed by atoms with van der Waals surface area (Å²) in [6.45, 7) is 0. The second-order valence-electron chi connectivity index (χ2n) is 4.45. The summed E-state index contributed by atoms with van der Waals surface area (Å²) in [4.78, 5) is 16.1. The van der Waals surface area contributed by atoms with E-state index < -0.39 is 0 Å². The molecule has 5 heteroatoms. The Labute approximate surface area is 115 Å². The fourth-order valence-electron chi connectivity index (χ4n) is 2.09. The molecule has 4 N–H and O–H groups in total. The molecule has 1 aliphatic rings. The van der Waals surface area contributed by atoms with Crippen LogP contribution in [-0.2, 0) is 4.79 Å². The molecule has 0 fully saturated rings. The van der Waals surface area contributed by atoms with E-state index in [1.54, 1.807) is 30.5 Å². The third-order valence-electron chi connectivity index (χ3n) is 3.11. The lowest BCUT2D eigenvalue weighted by Gasteiger charge is -2.00. The lowest BCUT2D eigenvalue weighted by molar-refractivity contribution is -0.110. The maximum absolute atomic E-state index is 11.9. The van der Waals surface area contributed by atoms with Crippen LogP contribution >= 0.6 is 0 Å². The predicted molar refractivity (Wildman–Crippen MR) is 78.2 cm³/mol. The van der Waals surface area contributed by atoms with E-state index in [1.165, 1.54) is 0 Å². The third kappa shape index (κ3) is 2.05. The number of carbonyl (C=O) groups is 1. The van der Waals surface area contributed by atoms with Gasteiger partial charge in [-0.3, -0.25) is 10.2 Å². The van der Waals surface area contributed by atoms with Gasteiger partial charge in [0.05, 0.1) is 5.57 Å². The fraction of sp³-hybridized carbons (Fsp3) is 0. The van der Waals surface area contributed by atoms with Crippen LogP contribution < -0.4 is 11.1 Å². The van der Waals surface area contributed by atoms with Gasteiger partial charge < -0.3 is 11.1 Å². The van der Waals surface area contributed by atoms with Gasteiger partial charge in [-0.2, -0.15) is 0 Å². The normalized spacial score (nSPS) is 15.0. The molecule has 0 unspecified atom stereocenters. The first-order chi connectivity index (χ1) is 9.65. The lowest BCUT2D eigenvalue weighted by Crippen LogP contribution is -2.10. The Morgan fingerprint density at radius 3 is 2.70 bits per heavy atom. The highest BCUT2D eigenvalue weighted by atomic mass is 16.2. The van der Waals surface area contributed by atoms with E-state index in [0.717, 1.165) is 11.1 Å². The average molecular weight is 264 g/mol. The molecule has 1 aromatic carbocycles. The first-order valence-electron chi connectivity index (χ1n) is 6.08. The van der Waals surface area contributed by atoms with Gasteiger partial charge in [0.25, 0.3) is 5.91 Å². The molecule has 0 radical (unpaired) electrons. The van der Waals surface area contributed by atoms with Crippen molar-refractivity contribution >= 4 is 29.2 Å². The predicted octanol–water partition coefficient (Wildman–Crippen LogP) is 1.86. The topological polar surface area (TPSA) is 91.9 Å². The zero-order valence-corrected chi connectivity index (χ0v) is 10.6. The Kier molecular flexibility index (Phi) is 2.80. The molecule has 0 aliphatic carbocycles. The minimum Gasteiger partial charge on any atom is -0.384 e. The van der Waals surface area contributed by atoms with Crippen molar-refractivity contribution in [1.29, 1.82) is 5.41 Å². The molecular formula is C15H12N4O. The van der Waals surface area contributed by atoms with Crippen molar-refractivity contribution < 1.29 is 4.79 Å². The number of nitrogens with one attached hydrogen (secondary N) is 2. The molecule has 1 aliphatic heterocycles. The van der Waals surface area contributed by atoms with Gasteiger partial charge in [0.2, 0.25) is 0 Å². The summed E-state index contributed by atoms with van der Waals surface area (Å²) in [7, 11) is 0. The largest absolute Gasteiger partial charge is 0.384 e. The summed E-state index contributed by atoms with van der Waals surface area (Å²) in [5.41, 5.74) is 8.32. The summed E-state index contributed by atoms with van der Waals surface area (Å²) in [5, 5.41) is 10.1. The first-order valence-corrected chi connectivity index (χ1v) is 6.08.